The molecule has 0 aromatic rings. The normalized spacial score (nSPS) is 37.9. The first-order chi connectivity index (χ1) is 7.62. The van der Waals surface area contributed by atoms with Crippen LogP contribution in [0, 0.1) is 11.8 Å². The molecule has 2 nitrogen and oxygen atoms in total. The summed E-state index contributed by atoms with van der Waals surface area (Å²) in [5.41, 5.74) is -0.423. The van der Waals surface area contributed by atoms with Crippen molar-refractivity contribution in [2.45, 2.75) is 70.5 Å². The fraction of sp³-hybridized carbons (Fsp3) is 1.00. The molecule has 0 radical (unpaired) electrons. The Hall–Kier alpha value is -0.0800. The molecule has 1 saturated carbocycles. The summed E-state index contributed by atoms with van der Waals surface area (Å²) in [5, 5.41) is 10.8. The number of rotatable bonds is 2. The molecule has 2 fully saturated rings. The highest BCUT2D eigenvalue weighted by Gasteiger charge is 2.42. The second kappa shape index (κ2) is 5.05. The molecule has 0 aromatic heterocycles. The van der Waals surface area contributed by atoms with Crippen LogP contribution in [0.1, 0.15) is 58.8 Å². The van der Waals surface area contributed by atoms with Crippen LogP contribution in [-0.4, -0.2) is 23.4 Å². The van der Waals surface area contributed by atoms with Crippen LogP contribution in [0.5, 0.6) is 0 Å². The fourth-order valence-corrected chi connectivity index (χ4v) is 3.34. The van der Waals surface area contributed by atoms with Gasteiger partial charge in [-0.1, -0.05) is 33.1 Å². The Bertz CT molecular complexity index is 221. The van der Waals surface area contributed by atoms with Gasteiger partial charge >= 0.3 is 0 Å². The highest BCUT2D eigenvalue weighted by atomic mass is 16.5. The molecule has 0 amide bonds. The van der Waals surface area contributed by atoms with E-state index in [1.165, 1.54) is 32.1 Å². The summed E-state index contributed by atoms with van der Waals surface area (Å²) in [4.78, 5) is 0. The zero-order chi connectivity index (χ0) is 11.6. The van der Waals surface area contributed by atoms with E-state index in [9.17, 15) is 5.11 Å². The van der Waals surface area contributed by atoms with Crippen molar-refractivity contribution < 1.29 is 9.84 Å². The summed E-state index contributed by atoms with van der Waals surface area (Å²) in [7, 11) is 0. The van der Waals surface area contributed by atoms with Gasteiger partial charge in [-0.3, -0.25) is 0 Å². The lowest BCUT2D eigenvalue weighted by atomic mass is 9.71. The van der Waals surface area contributed by atoms with E-state index in [2.05, 4.69) is 13.8 Å². The molecular formula is C14H26O2. The van der Waals surface area contributed by atoms with Crippen molar-refractivity contribution in [2.24, 2.45) is 11.8 Å². The fourth-order valence-electron chi connectivity index (χ4n) is 3.34. The van der Waals surface area contributed by atoms with E-state index in [0.717, 1.165) is 19.4 Å². The zero-order valence-electron chi connectivity index (χ0n) is 10.7. The SMILES string of the molecule is CC(C)C1CC(O)(C2CCCCC2)CCO1. The first-order valence-electron chi connectivity index (χ1n) is 6.96. The van der Waals surface area contributed by atoms with Crippen molar-refractivity contribution in [1.82, 2.24) is 0 Å². The molecule has 2 aliphatic rings. The molecule has 1 heterocycles. The lowest BCUT2D eigenvalue weighted by molar-refractivity contribution is -0.147. The van der Waals surface area contributed by atoms with Crippen LogP contribution in [0.15, 0.2) is 0 Å². The van der Waals surface area contributed by atoms with Gasteiger partial charge in [0.2, 0.25) is 0 Å². The number of hydrogen-bond donors (Lipinski definition) is 1. The molecule has 1 saturated heterocycles. The molecule has 16 heavy (non-hydrogen) atoms. The molecule has 0 spiro atoms. The van der Waals surface area contributed by atoms with Crippen LogP contribution in [0.3, 0.4) is 0 Å². The van der Waals surface area contributed by atoms with Crippen molar-refractivity contribution in [1.29, 1.82) is 0 Å². The van der Waals surface area contributed by atoms with Crippen molar-refractivity contribution >= 4 is 0 Å². The third-order valence-corrected chi connectivity index (χ3v) is 4.53. The second-order valence-electron chi connectivity index (χ2n) is 6.05. The summed E-state index contributed by atoms with van der Waals surface area (Å²) < 4.78 is 5.77. The number of aliphatic hydroxyl groups is 1. The van der Waals surface area contributed by atoms with E-state index in [1.807, 2.05) is 0 Å². The Morgan fingerprint density at radius 3 is 2.50 bits per heavy atom. The highest BCUT2D eigenvalue weighted by molar-refractivity contribution is 4.93. The van der Waals surface area contributed by atoms with E-state index in [0.29, 0.717) is 11.8 Å². The van der Waals surface area contributed by atoms with E-state index in [1.54, 1.807) is 0 Å². The first kappa shape index (κ1) is 12.4. The Morgan fingerprint density at radius 2 is 1.88 bits per heavy atom. The average Bonchev–Trinajstić information content (AvgIpc) is 2.30. The van der Waals surface area contributed by atoms with Gasteiger partial charge in [-0.15, -0.1) is 0 Å². The van der Waals surface area contributed by atoms with Crippen LogP contribution >= 0.6 is 0 Å². The maximum atomic E-state index is 10.8. The second-order valence-corrected chi connectivity index (χ2v) is 6.05. The molecule has 1 aliphatic heterocycles. The maximum absolute atomic E-state index is 10.8. The van der Waals surface area contributed by atoms with Crippen molar-refractivity contribution in [3.8, 4) is 0 Å². The third-order valence-electron chi connectivity index (χ3n) is 4.53. The Kier molecular flexibility index (Phi) is 3.91. The number of hydrogen-bond acceptors (Lipinski definition) is 2. The highest BCUT2D eigenvalue weighted by Crippen LogP contribution is 2.41. The molecule has 0 bridgehead atoms. The molecule has 2 rings (SSSR count). The largest absolute Gasteiger partial charge is 0.389 e. The number of ether oxygens (including phenoxy) is 1. The van der Waals surface area contributed by atoms with Gasteiger partial charge < -0.3 is 9.84 Å². The molecule has 2 unspecified atom stereocenters. The average molecular weight is 226 g/mol. The predicted octanol–water partition coefficient (Wildman–Crippen LogP) is 3.13. The van der Waals surface area contributed by atoms with Crippen LogP contribution in [0.4, 0.5) is 0 Å². The van der Waals surface area contributed by atoms with Gasteiger partial charge in [0.1, 0.15) is 0 Å². The minimum Gasteiger partial charge on any atom is -0.389 e. The van der Waals surface area contributed by atoms with Crippen molar-refractivity contribution in [3.05, 3.63) is 0 Å². The Labute approximate surface area is 99.4 Å². The van der Waals surface area contributed by atoms with Crippen molar-refractivity contribution in [2.75, 3.05) is 6.61 Å². The Balaban J connectivity index is 1.99. The first-order valence-corrected chi connectivity index (χ1v) is 6.96. The van der Waals surface area contributed by atoms with Crippen LogP contribution in [0.2, 0.25) is 0 Å². The van der Waals surface area contributed by atoms with Gasteiger partial charge in [-0.05, 0) is 31.1 Å². The summed E-state index contributed by atoms with van der Waals surface area (Å²) in [6.45, 7) is 5.13. The molecule has 94 valence electrons. The lowest BCUT2D eigenvalue weighted by Crippen LogP contribution is -2.48. The minimum absolute atomic E-state index is 0.265. The summed E-state index contributed by atoms with van der Waals surface area (Å²) >= 11 is 0. The standard InChI is InChI=1S/C14H26O2/c1-11(2)13-10-14(15,8-9-16-13)12-6-4-3-5-7-12/h11-13,15H,3-10H2,1-2H3. The van der Waals surface area contributed by atoms with Crippen molar-refractivity contribution in [3.63, 3.8) is 0 Å². The van der Waals surface area contributed by atoms with Gasteiger partial charge in [0.05, 0.1) is 11.7 Å². The summed E-state index contributed by atoms with van der Waals surface area (Å²) in [5.74, 6) is 1.06. The van der Waals surface area contributed by atoms with Crippen LogP contribution in [-0.2, 0) is 4.74 Å². The predicted molar refractivity (Wildman–Crippen MR) is 65.3 cm³/mol. The smallest absolute Gasteiger partial charge is 0.0722 e. The summed E-state index contributed by atoms with van der Waals surface area (Å²) in [6, 6.07) is 0. The topological polar surface area (TPSA) is 29.5 Å². The van der Waals surface area contributed by atoms with E-state index in [-0.39, 0.29) is 6.10 Å². The van der Waals surface area contributed by atoms with Gasteiger partial charge in [0.25, 0.3) is 0 Å². The molecule has 1 aliphatic carbocycles. The monoisotopic (exact) mass is 226 g/mol. The molecule has 0 aromatic carbocycles. The maximum Gasteiger partial charge on any atom is 0.0722 e. The quantitative estimate of drug-likeness (QED) is 0.784. The molecule has 1 N–H and O–H groups in total. The zero-order valence-corrected chi connectivity index (χ0v) is 10.7. The molecular weight excluding hydrogens is 200 g/mol. The van der Waals surface area contributed by atoms with E-state index < -0.39 is 5.60 Å². The van der Waals surface area contributed by atoms with Gasteiger partial charge in [-0.25, -0.2) is 0 Å². The summed E-state index contributed by atoms with van der Waals surface area (Å²) in [6.07, 6.45) is 8.39. The minimum atomic E-state index is -0.423. The van der Waals surface area contributed by atoms with Crippen LogP contribution < -0.4 is 0 Å². The van der Waals surface area contributed by atoms with Gasteiger partial charge in [0, 0.05) is 13.0 Å². The lowest BCUT2D eigenvalue weighted by Gasteiger charge is -2.44. The third kappa shape index (κ3) is 2.60. The van der Waals surface area contributed by atoms with Gasteiger partial charge in [-0.2, -0.15) is 0 Å². The van der Waals surface area contributed by atoms with E-state index in [4.69, 9.17) is 4.74 Å². The van der Waals surface area contributed by atoms with E-state index >= 15 is 0 Å². The molecule has 2 atom stereocenters. The van der Waals surface area contributed by atoms with Gasteiger partial charge in [0.15, 0.2) is 0 Å². The Morgan fingerprint density at radius 1 is 1.19 bits per heavy atom. The molecule has 2 heteroatoms. The van der Waals surface area contributed by atoms with Crippen LogP contribution in [0.25, 0.3) is 0 Å².